The number of ether oxygens (including phenoxy) is 1. The minimum absolute atomic E-state index is 0.0460. The second-order valence-electron chi connectivity index (χ2n) is 4.46. The number of benzene rings is 1. The summed E-state index contributed by atoms with van der Waals surface area (Å²) in [4.78, 5) is 22.0. The van der Waals surface area contributed by atoms with Crippen LogP contribution in [0.1, 0.15) is 29.6 Å². The molecule has 0 spiro atoms. The molecule has 0 amide bonds. The molecule has 0 radical (unpaired) electrons. The van der Waals surface area contributed by atoms with Crippen LogP contribution in [0.3, 0.4) is 0 Å². The van der Waals surface area contributed by atoms with Crippen molar-refractivity contribution in [2.75, 3.05) is 0 Å². The van der Waals surface area contributed by atoms with E-state index in [0.29, 0.717) is 12.0 Å². The van der Waals surface area contributed by atoms with Crippen LogP contribution in [0.4, 0.5) is 5.69 Å². The van der Waals surface area contributed by atoms with Crippen molar-refractivity contribution < 1.29 is 14.5 Å². The standard InChI is InChI=1S/C15H15NO4/c17-15(12-8-10-13(11-9-12)16(18)19)20-14-6-4-2-1-3-5-7-14/h2,4-5,7-11,14H,1,3,6H2/b4-2-,7-5-/t14-/m0/s1. The monoisotopic (exact) mass is 273 g/mol. The molecule has 0 bridgehead atoms. The van der Waals surface area contributed by atoms with Gasteiger partial charge in [-0.3, -0.25) is 10.1 Å². The van der Waals surface area contributed by atoms with Gasteiger partial charge in [-0.15, -0.1) is 0 Å². The van der Waals surface area contributed by atoms with Crippen molar-refractivity contribution in [2.24, 2.45) is 0 Å². The Balaban J connectivity index is 2.01. The highest BCUT2D eigenvalue weighted by molar-refractivity contribution is 5.89. The summed E-state index contributed by atoms with van der Waals surface area (Å²) in [7, 11) is 0. The van der Waals surface area contributed by atoms with Crippen LogP contribution in [0.2, 0.25) is 0 Å². The van der Waals surface area contributed by atoms with Crippen LogP contribution < -0.4 is 0 Å². The van der Waals surface area contributed by atoms with Crippen LogP contribution in [-0.2, 0) is 4.74 Å². The number of non-ortho nitro benzene ring substituents is 1. The predicted octanol–water partition coefficient (Wildman–Crippen LogP) is 3.42. The fourth-order valence-corrected chi connectivity index (χ4v) is 1.88. The number of rotatable bonds is 3. The largest absolute Gasteiger partial charge is 0.454 e. The van der Waals surface area contributed by atoms with Crippen LogP contribution >= 0.6 is 0 Å². The predicted molar refractivity (Wildman–Crippen MR) is 74.4 cm³/mol. The number of nitro groups is 1. The maximum atomic E-state index is 11.9. The molecule has 1 aromatic carbocycles. The second kappa shape index (κ2) is 6.65. The Kier molecular flexibility index (Phi) is 4.65. The van der Waals surface area contributed by atoms with E-state index in [2.05, 4.69) is 6.08 Å². The third-order valence-electron chi connectivity index (χ3n) is 2.96. The molecule has 1 aliphatic carbocycles. The lowest BCUT2D eigenvalue weighted by Crippen LogP contribution is -2.16. The van der Waals surface area contributed by atoms with E-state index in [9.17, 15) is 14.9 Å². The molecule has 2 rings (SSSR count). The molecule has 0 fully saturated rings. The van der Waals surface area contributed by atoms with Gasteiger partial charge in [0.2, 0.25) is 0 Å². The Labute approximate surface area is 116 Å². The number of carbonyl (C=O) groups excluding carboxylic acids is 1. The highest BCUT2D eigenvalue weighted by Crippen LogP contribution is 2.15. The average molecular weight is 273 g/mol. The molecule has 0 unspecified atom stereocenters. The molecule has 0 aliphatic heterocycles. The zero-order valence-corrected chi connectivity index (χ0v) is 10.9. The van der Waals surface area contributed by atoms with Crippen molar-refractivity contribution in [1.29, 1.82) is 0 Å². The quantitative estimate of drug-likeness (QED) is 0.366. The van der Waals surface area contributed by atoms with Crippen LogP contribution in [-0.4, -0.2) is 17.0 Å². The molecule has 5 heteroatoms. The second-order valence-corrected chi connectivity index (χ2v) is 4.46. The first-order valence-corrected chi connectivity index (χ1v) is 6.44. The lowest BCUT2D eigenvalue weighted by Gasteiger charge is -2.13. The van der Waals surface area contributed by atoms with E-state index in [-0.39, 0.29) is 11.8 Å². The van der Waals surface area contributed by atoms with Gasteiger partial charge in [0, 0.05) is 18.6 Å². The summed E-state index contributed by atoms with van der Waals surface area (Å²) in [6.07, 6.45) is 10.2. The first-order chi connectivity index (χ1) is 9.66. The molecule has 0 heterocycles. The van der Waals surface area contributed by atoms with Gasteiger partial charge in [0.15, 0.2) is 0 Å². The van der Waals surface area contributed by atoms with E-state index in [4.69, 9.17) is 4.74 Å². The number of hydrogen-bond donors (Lipinski definition) is 0. The Morgan fingerprint density at radius 1 is 1.15 bits per heavy atom. The summed E-state index contributed by atoms with van der Waals surface area (Å²) in [5.41, 5.74) is 0.269. The summed E-state index contributed by atoms with van der Waals surface area (Å²) in [6.45, 7) is 0. The van der Waals surface area contributed by atoms with Crippen molar-refractivity contribution in [3.63, 3.8) is 0 Å². The lowest BCUT2D eigenvalue weighted by molar-refractivity contribution is -0.384. The van der Waals surface area contributed by atoms with Gasteiger partial charge in [-0.2, -0.15) is 0 Å². The van der Waals surface area contributed by atoms with Gasteiger partial charge >= 0.3 is 5.97 Å². The number of allylic oxidation sites excluding steroid dienone is 2. The third-order valence-corrected chi connectivity index (χ3v) is 2.96. The minimum Gasteiger partial charge on any atom is -0.454 e. The molecule has 0 N–H and O–H groups in total. The molecule has 1 aromatic rings. The van der Waals surface area contributed by atoms with Gasteiger partial charge in [-0.25, -0.2) is 4.79 Å². The minimum atomic E-state index is -0.503. The molecule has 0 saturated carbocycles. The van der Waals surface area contributed by atoms with Crippen LogP contribution in [0.5, 0.6) is 0 Å². The van der Waals surface area contributed by atoms with Crippen molar-refractivity contribution in [1.82, 2.24) is 0 Å². The molecular weight excluding hydrogens is 258 g/mol. The molecule has 104 valence electrons. The van der Waals surface area contributed by atoms with Crippen LogP contribution in [0, 0.1) is 10.1 Å². The summed E-state index contributed by atoms with van der Waals surface area (Å²) in [6, 6.07) is 5.40. The Bertz CT molecular complexity index is 545. The van der Waals surface area contributed by atoms with Crippen molar-refractivity contribution in [3.8, 4) is 0 Å². The number of nitrogens with zero attached hydrogens (tertiary/aromatic N) is 1. The molecular formula is C15H15NO4. The summed E-state index contributed by atoms with van der Waals surface area (Å²) in [5, 5.41) is 10.5. The fraction of sp³-hybridized carbons (Fsp3) is 0.267. The fourth-order valence-electron chi connectivity index (χ4n) is 1.88. The molecule has 0 saturated heterocycles. The van der Waals surface area contributed by atoms with E-state index in [1.165, 1.54) is 24.3 Å². The highest BCUT2D eigenvalue weighted by atomic mass is 16.6. The maximum Gasteiger partial charge on any atom is 0.338 e. The SMILES string of the molecule is O=C(O[C@@H]1/C=C\CC/C=C\C1)c1ccc([N+](=O)[O-])cc1. The van der Waals surface area contributed by atoms with Crippen molar-refractivity contribution >= 4 is 11.7 Å². The topological polar surface area (TPSA) is 69.4 Å². The number of esters is 1. The Morgan fingerprint density at radius 2 is 1.85 bits per heavy atom. The van der Waals surface area contributed by atoms with Crippen molar-refractivity contribution in [2.45, 2.75) is 25.4 Å². The zero-order chi connectivity index (χ0) is 14.4. The number of carbonyl (C=O) groups is 1. The zero-order valence-electron chi connectivity index (χ0n) is 10.9. The van der Waals surface area contributed by atoms with Gasteiger partial charge in [0.05, 0.1) is 10.5 Å². The van der Waals surface area contributed by atoms with Gasteiger partial charge < -0.3 is 4.74 Å². The van der Waals surface area contributed by atoms with Gasteiger partial charge in [0.25, 0.3) is 5.69 Å². The van der Waals surface area contributed by atoms with Crippen LogP contribution in [0.15, 0.2) is 48.6 Å². The first kappa shape index (κ1) is 14.0. The summed E-state index contributed by atoms with van der Waals surface area (Å²) in [5.74, 6) is -0.469. The highest BCUT2D eigenvalue weighted by Gasteiger charge is 2.14. The third kappa shape index (κ3) is 3.78. The molecule has 0 aromatic heterocycles. The van der Waals surface area contributed by atoms with E-state index >= 15 is 0 Å². The molecule has 1 atom stereocenters. The smallest absolute Gasteiger partial charge is 0.338 e. The van der Waals surface area contributed by atoms with E-state index in [1.807, 2.05) is 18.2 Å². The lowest BCUT2D eigenvalue weighted by atomic mass is 10.1. The van der Waals surface area contributed by atoms with Gasteiger partial charge in [-0.1, -0.05) is 18.2 Å². The van der Waals surface area contributed by atoms with Crippen LogP contribution in [0.25, 0.3) is 0 Å². The molecule has 5 nitrogen and oxygen atoms in total. The van der Waals surface area contributed by atoms with E-state index < -0.39 is 10.9 Å². The van der Waals surface area contributed by atoms with E-state index in [0.717, 1.165) is 12.8 Å². The first-order valence-electron chi connectivity index (χ1n) is 6.44. The summed E-state index contributed by atoms with van der Waals surface area (Å²) < 4.78 is 5.37. The Hall–Kier alpha value is -2.43. The molecule has 1 aliphatic rings. The normalized spacial score (nSPS) is 21.3. The average Bonchev–Trinajstić information content (AvgIpc) is 2.41. The van der Waals surface area contributed by atoms with Gasteiger partial charge in [0.1, 0.15) is 6.10 Å². The Morgan fingerprint density at radius 3 is 2.55 bits per heavy atom. The van der Waals surface area contributed by atoms with E-state index in [1.54, 1.807) is 0 Å². The van der Waals surface area contributed by atoms with Gasteiger partial charge in [-0.05, 0) is 31.1 Å². The maximum absolute atomic E-state index is 11.9. The number of hydrogen-bond acceptors (Lipinski definition) is 4. The molecule has 20 heavy (non-hydrogen) atoms. The van der Waals surface area contributed by atoms with Crippen molar-refractivity contribution in [3.05, 3.63) is 64.2 Å². The summed E-state index contributed by atoms with van der Waals surface area (Å²) >= 11 is 0. The number of nitro benzene ring substituents is 1.